The predicted molar refractivity (Wildman–Crippen MR) is 51.8 cm³/mol. The van der Waals surface area contributed by atoms with E-state index >= 15 is 0 Å². The van der Waals surface area contributed by atoms with Gasteiger partial charge in [0.1, 0.15) is 5.60 Å². The average molecular weight is 207 g/mol. The number of hydrogen-bond acceptors (Lipinski definition) is 4. The van der Waals surface area contributed by atoms with Crippen LogP contribution in [0.3, 0.4) is 0 Å². The molecule has 1 aromatic rings. The van der Waals surface area contributed by atoms with Crippen LogP contribution in [0.2, 0.25) is 0 Å². The summed E-state index contributed by atoms with van der Waals surface area (Å²) >= 11 is 0. The highest BCUT2D eigenvalue weighted by Crippen LogP contribution is 2.40. The van der Waals surface area contributed by atoms with Crippen molar-refractivity contribution < 1.29 is 9.26 Å². The zero-order chi connectivity index (χ0) is 10.7. The number of ether oxygens (including phenoxy) is 1. The van der Waals surface area contributed by atoms with Crippen molar-refractivity contribution in [1.82, 2.24) is 10.1 Å². The van der Waals surface area contributed by atoms with E-state index in [1.807, 2.05) is 0 Å². The summed E-state index contributed by atoms with van der Waals surface area (Å²) in [4.78, 5) is 7.43. The fourth-order valence-corrected chi connectivity index (χ4v) is 2.03. The van der Waals surface area contributed by atoms with E-state index < -0.39 is 5.60 Å². The summed E-state index contributed by atoms with van der Waals surface area (Å²) in [6, 6.07) is 0. The van der Waals surface area contributed by atoms with Crippen LogP contribution in [0, 0.1) is 6.57 Å². The van der Waals surface area contributed by atoms with Crippen LogP contribution in [0.25, 0.3) is 4.85 Å². The second kappa shape index (κ2) is 3.99. The maximum absolute atomic E-state index is 6.72. The van der Waals surface area contributed by atoms with Crippen molar-refractivity contribution in [3.8, 4) is 0 Å². The van der Waals surface area contributed by atoms with E-state index in [9.17, 15) is 0 Å². The molecule has 1 aliphatic carbocycles. The first-order valence-corrected chi connectivity index (χ1v) is 5.02. The lowest BCUT2D eigenvalue weighted by Crippen LogP contribution is -2.24. The van der Waals surface area contributed by atoms with Crippen molar-refractivity contribution in [3.05, 3.63) is 23.1 Å². The topological polar surface area (TPSA) is 52.5 Å². The van der Waals surface area contributed by atoms with Gasteiger partial charge in [-0.15, -0.1) is 0 Å². The van der Waals surface area contributed by atoms with Crippen molar-refractivity contribution in [3.63, 3.8) is 0 Å². The molecule has 0 bridgehead atoms. The molecule has 0 aromatic carbocycles. The molecule has 0 aliphatic heterocycles. The summed E-state index contributed by atoms with van der Waals surface area (Å²) in [5.74, 6) is 0.976. The molecular weight excluding hydrogens is 194 g/mol. The summed E-state index contributed by atoms with van der Waals surface area (Å²) in [6.07, 6.45) is 4.08. The van der Waals surface area contributed by atoms with Gasteiger partial charge in [0.05, 0.1) is 0 Å². The van der Waals surface area contributed by atoms with E-state index in [1.165, 1.54) is 0 Å². The Labute approximate surface area is 88.2 Å². The van der Waals surface area contributed by atoms with Crippen LogP contribution in [-0.4, -0.2) is 17.3 Å². The van der Waals surface area contributed by atoms with Crippen molar-refractivity contribution >= 4 is 0 Å². The minimum Gasteiger partial charge on any atom is -0.368 e. The SMILES string of the molecule is [C-]#[N+]Cc1noc(C2(OC)CCCC2)n1. The van der Waals surface area contributed by atoms with Crippen molar-refractivity contribution in [2.45, 2.75) is 37.8 Å². The molecule has 5 heteroatoms. The Balaban J connectivity index is 2.23. The Morgan fingerprint density at radius 1 is 1.53 bits per heavy atom. The highest BCUT2D eigenvalue weighted by molar-refractivity contribution is 5.03. The van der Waals surface area contributed by atoms with Gasteiger partial charge in [-0.3, -0.25) is 0 Å². The maximum Gasteiger partial charge on any atom is 0.276 e. The molecule has 1 saturated carbocycles. The minimum absolute atomic E-state index is 0.170. The summed E-state index contributed by atoms with van der Waals surface area (Å²) in [5.41, 5.74) is -0.396. The number of methoxy groups -OCH3 is 1. The molecule has 1 heterocycles. The fraction of sp³-hybridized carbons (Fsp3) is 0.700. The van der Waals surface area contributed by atoms with Crippen LogP contribution in [0.15, 0.2) is 4.52 Å². The first kappa shape index (κ1) is 10.1. The second-order valence-corrected chi connectivity index (χ2v) is 3.74. The molecule has 0 N–H and O–H groups in total. The normalized spacial score (nSPS) is 18.9. The second-order valence-electron chi connectivity index (χ2n) is 3.74. The number of rotatable bonds is 3. The van der Waals surface area contributed by atoms with Gasteiger partial charge in [-0.2, -0.15) is 4.98 Å². The van der Waals surface area contributed by atoms with Crippen molar-refractivity contribution in [2.24, 2.45) is 0 Å². The Kier molecular flexibility index (Phi) is 2.69. The molecule has 80 valence electrons. The largest absolute Gasteiger partial charge is 0.368 e. The maximum atomic E-state index is 6.72. The standard InChI is InChI=1S/C10H13N3O2/c1-11-7-8-12-9(15-13-8)10(14-2)5-3-4-6-10/h3-7H2,2H3. The van der Waals surface area contributed by atoms with E-state index in [1.54, 1.807) is 7.11 Å². The molecule has 2 rings (SSSR count). The molecule has 15 heavy (non-hydrogen) atoms. The molecule has 0 spiro atoms. The van der Waals surface area contributed by atoms with Crippen LogP contribution < -0.4 is 0 Å². The Morgan fingerprint density at radius 3 is 2.87 bits per heavy atom. The minimum atomic E-state index is -0.396. The average Bonchev–Trinajstić information content (AvgIpc) is 2.86. The third-order valence-corrected chi connectivity index (χ3v) is 2.88. The van der Waals surface area contributed by atoms with Gasteiger partial charge in [-0.25, -0.2) is 6.57 Å². The lowest BCUT2D eigenvalue weighted by Gasteiger charge is -2.21. The first-order chi connectivity index (χ1) is 7.30. The van der Waals surface area contributed by atoms with Crippen molar-refractivity contribution in [1.29, 1.82) is 0 Å². The molecule has 1 aromatic heterocycles. The third kappa shape index (κ3) is 1.73. The van der Waals surface area contributed by atoms with E-state index in [-0.39, 0.29) is 6.54 Å². The van der Waals surface area contributed by atoms with Crippen LogP contribution in [-0.2, 0) is 16.9 Å². The Bertz CT molecular complexity index is 374. The lowest BCUT2D eigenvalue weighted by atomic mass is 10.0. The molecule has 1 aliphatic rings. The molecule has 0 unspecified atom stereocenters. The highest BCUT2D eigenvalue weighted by atomic mass is 16.5. The van der Waals surface area contributed by atoms with E-state index in [4.69, 9.17) is 15.8 Å². The molecule has 0 saturated heterocycles. The summed E-state index contributed by atoms with van der Waals surface area (Å²) in [6.45, 7) is 6.89. The zero-order valence-corrected chi connectivity index (χ0v) is 8.69. The van der Waals surface area contributed by atoms with Gasteiger partial charge in [0.25, 0.3) is 18.3 Å². The van der Waals surface area contributed by atoms with Crippen LogP contribution in [0.1, 0.15) is 37.4 Å². The van der Waals surface area contributed by atoms with Crippen LogP contribution in [0.5, 0.6) is 0 Å². The quantitative estimate of drug-likeness (QED) is 0.710. The van der Waals surface area contributed by atoms with Gasteiger partial charge in [0, 0.05) is 7.11 Å². The Morgan fingerprint density at radius 2 is 2.27 bits per heavy atom. The van der Waals surface area contributed by atoms with Gasteiger partial charge >= 0.3 is 0 Å². The summed E-state index contributed by atoms with van der Waals surface area (Å²) in [7, 11) is 1.67. The highest BCUT2D eigenvalue weighted by Gasteiger charge is 2.41. The van der Waals surface area contributed by atoms with E-state index in [0.717, 1.165) is 25.7 Å². The van der Waals surface area contributed by atoms with E-state index in [2.05, 4.69) is 15.0 Å². The predicted octanol–water partition coefficient (Wildman–Crippen LogP) is 1.90. The zero-order valence-electron chi connectivity index (χ0n) is 8.69. The smallest absolute Gasteiger partial charge is 0.276 e. The van der Waals surface area contributed by atoms with Crippen molar-refractivity contribution in [2.75, 3.05) is 7.11 Å². The molecule has 0 atom stereocenters. The fourth-order valence-electron chi connectivity index (χ4n) is 2.03. The molecule has 0 radical (unpaired) electrons. The monoisotopic (exact) mass is 207 g/mol. The van der Waals surface area contributed by atoms with Crippen LogP contribution >= 0.6 is 0 Å². The third-order valence-electron chi connectivity index (χ3n) is 2.88. The molecule has 0 amide bonds. The molecule has 1 fully saturated rings. The van der Waals surface area contributed by atoms with E-state index in [0.29, 0.717) is 11.7 Å². The molecule has 5 nitrogen and oxygen atoms in total. The first-order valence-electron chi connectivity index (χ1n) is 5.02. The summed E-state index contributed by atoms with van der Waals surface area (Å²) in [5, 5.41) is 3.76. The van der Waals surface area contributed by atoms with Crippen LogP contribution in [0.4, 0.5) is 0 Å². The number of aromatic nitrogens is 2. The number of hydrogen-bond donors (Lipinski definition) is 0. The van der Waals surface area contributed by atoms with Gasteiger partial charge in [-0.05, 0) is 25.7 Å². The van der Waals surface area contributed by atoms with Gasteiger partial charge in [-0.1, -0.05) is 5.16 Å². The lowest BCUT2D eigenvalue weighted by molar-refractivity contribution is -0.0342. The summed E-state index contributed by atoms with van der Waals surface area (Å²) < 4.78 is 10.7. The van der Waals surface area contributed by atoms with Gasteiger partial charge in [0.2, 0.25) is 0 Å². The van der Waals surface area contributed by atoms with Gasteiger partial charge in [0.15, 0.2) is 0 Å². The Hall–Kier alpha value is -1.41. The van der Waals surface area contributed by atoms with Gasteiger partial charge < -0.3 is 14.1 Å². The molecular formula is C10H13N3O2. The number of nitrogens with zero attached hydrogens (tertiary/aromatic N) is 3.